The summed E-state index contributed by atoms with van der Waals surface area (Å²) in [7, 11) is 2.96. The van der Waals surface area contributed by atoms with Crippen LogP contribution >= 0.6 is 0 Å². The fourth-order valence-electron chi connectivity index (χ4n) is 5.71. The summed E-state index contributed by atoms with van der Waals surface area (Å²) in [4.78, 5) is 30.3. The minimum atomic E-state index is -4.79. The molecule has 13 heteroatoms. The number of amides is 1. The maximum Gasteiger partial charge on any atom is 0.418 e. The second-order valence-corrected chi connectivity index (χ2v) is 11.0. The van der Waals surface area contributed by atoms with E-state index in [2.05, 4.69) is 10.4 Å². The number of anilines is 2. The van der Waals surface area contributed by atoms with E-state index in [-0.39, 0.29) is 30.4 Å². The summed E-state index contributed by atoms with van der Waals surface area (Å²) < 4.78 is 54.9. The van der Waals surface area contributed by atoms with Gasteiger partial charge in [0.15, 0.2) is 0 Å². The molecule has 1 saturated heterocycles. The molecule has 0 bridgehead atoms. The lowest BCUT2D eigenvalue weighted by molar-refractivity contribution is -0.137. The number of rotatable bonds is 10. The van der Waals surface area contributed by atoms with Crippen LogP contribution in [0.15, 0.2) is 41.2 Å². The Balaban J connectivity index is 1.72. The zero-order valence-corrected chi connectivity index (χ0v) is 24.9. The number of halogens is 3. The van der Waals surface area contributed by atoms with Crippen LogP contribution in [0.2, 0.25) is 0 Å². The number of unbranched alkanes of at least 4 members (excludes halogenated alkanes) is 1. The quantitative estimate of drug-likeness (QED) is 0.332. The normalized spacial score (nSPS) is 16.3. The molecular formula is C31H36F3N5O5. The van der Waals surface area contributed by atoms with Gasteiger partial charge in [-0.25, -0.2) is 0 Å². The van der Waals surface area contributed by atoms with Crippen molar-refractivity contribution < 1.29 is 32.5 Å². The first-order valence-electron chi connectivity index (χ1n) is 14.6. The van der Waals surface area contributed by atoms with E-state index in [1.165, 1.54) is 26.4 Å². The van der Waals surface area contributed by atoms with Crippen LogP contribution < -0.4 is 30.1 Å². The summed E-state index contributed by atoms with van der Waals surface area (Å²) in [6, 6.07) is 8.56. The SMILES string of the molecule is CCCCNC(=O)CN1CCc2c(-c3cc(OC)cc(OC)c3)nn(-c3cc(N4CCC(O)C4)ccc3C(F)(F)F)c(=O)c21. The Morgan fingerprint density at radius 2 is 1.84 bits per heavy atom. The molecule has 44 heavy (non-hydrogen) atoms. The van der Waals surface area contributed by atoms with Crippen molar-refractivity contribution in [2.45, 2.75) is 44.9 Å². The molecule has 0 saturated carbocycles. The molecule has 0 aliphatic carbocycles. The van der Waals surface area contributed by atoms with Crippen molar-refractivity contribution in [2.24, 2.45) is 0 Å². The number of alkyl halides is 3. The molecule has 10 nitrogen and oxygen atoms in total. The van der Waals surface area contributed by atoms with Crippen LogP contribution in [0.4, 0.5) is 24.5 Å². The molecule has 1 amide bonds. The number of fused-ring (bicyclic) bond motifs is 1. The zero-order chi connectivity index (χ0) is 31.6. The number of nitrogens with zero attached hydrogens (tertiary/aromatic N) is 4. The van der Waals surface area contributed by atoms with Gasteiger partial charge in [-0.15, -0.1) is 0 Å². The molecule has 2 aliphatic heterocycles. The summed E-state index contributed by atoms with van der Waals surface area (Å²) in [6.07, 6.45) is -2.87. The number of methoxy groups -OCH3 is 2. The Morgan fingerprint density at radius 1 is 1.11 bits per heavy atom. The Labute approximate surface area is 253 Å². The lowest BCUT2D eigenvalue weighted by Gasteiger charge is -2.23. The highest BCUT2D eigenvalue weighted by molar-refractivity contribution is 5.84. The first-order valence-corrected chi connectivity index (χ1v) is 14.6. The van der Waals surface area contributed by atoms with Crippen LogP contribution in [-0.2, 0) is 17.4 Å². The summed E-state index contributed by atoms with van der Waals surface area (Å²) in [6.45, 7) is 3.38. The fraction of sp³-hybridized carbons (Fsp3) is 0.452. The lowest BCUT2D eigenvalue weighted by Crippen LogP contribution is -2.39. The molecule has 2 N–H and O–H groups in total. The van der Waals surface area contributed by atoms with Gasteiger partial charge in [0.25, 0.3) is 5.56 Å². The molecule has 1 atom stereocenters. The van der Waals surface area contributed by atoms with Gasteiger partial charge in [-0.05, 0) is 49.6 Å². The number of aromatic nitrogens is 2. The van der Waals surface area contributed by atoms with Crippen molar-refractivity contribution >= 4 is 17.3 Å². The monoisotopic (exact) mass is 615 g/mol. The predicted octanol–water partition coefficient (Wildman–Crippen LogP) is 3.79. The number of nitrogens with one attached hydrogen (secondary N) is 1. The summed E-state index contributed by atoms with van der Waals surface area (Å²) in [5.41, 5.74) is -0.412. The molecule has 3 heterocycles. The third kappa shape index (κ3) is 6.33. The number of benzene rings is 2. The van der Waals surface area contributed by atoms with Gasteiger partial charge in [0, 0.05) is 49.1 Å². The topological polar surface area (TPSA) is 109 Å². The Kier molecular flexibility index (Phi) is 9.05. The highest BCUT2D eigenvalue weighted by atomic mass is 19.4. The van der Waals surface area contributed by atoms with Gasteiger partial charge in [0.2, 0.25) is 5.91 Å². The predicted molar refractivity (Wildman–Crippen MR) is 160 cm³/mol. The first-order chi connectivity index (χ1) is 21.0. The van der Waals surface area contributed by atoms with Crippen LogP contribution in [0.25, 0.3) is 16.9 Å². The molecule has 0 spiro atoms. The van der Waals surface area contributed by atoms with E-state index in [4.69, 9.17) is 9.47 Å². The van der Waals surface area contributed by atoms with Gasteiger partial charge < -0.3 is 29.7 Å². The van der Waals surface area contributed by atoms with E-state index in [1.54, 1.807) is 28.0 Å². The maximum atomic E-state index is 14.4. The number of β-amino-alcohol motifs (C(OH)–C–C–N with tert-alkyl or cyclic N) is 1. The van der Waals surface area contributed by atoms with Crippen molar-refractivity contribution in [1.82, 2.24) is 15.1 Å². The van der Waals surface area contributed by atoms with Gasteiger partial charge in [0.05, 0.1) is 43.8 Å². The number of aliphatic hydroxyl groups excluding tert-OH is 1. The minimum Gasteiger partial charge on any atom is -0.497 e. The van der Waals surface area contributed by atoms with E-state index in [0.29, 0.717) is 60.8 Å². The van der Waals surface area contributed by atoms with Crippen molar-refractivity contribution in [3.05, 3.63) is 57.9 Å². The Hall–Kier alpha value is -4.26. The summed E-state index contributed by atoms with van der Waals surface area (Å²) in [5.74, 6) is 0.580. The van der Waals surface area contributed by atoms with Crippen LogP contribution in [0.3, 0.4) is 0 Å². The fourth-order valence-corrected chi connectivity index (χ4v) is 5.71. The molecular weight excluding hydrogens is 579 g/mol. The molecule has 3 aromatic rings. The highest BCUT2D eigenvalue weighted by Crippen LogP contribution is 2.39. The third-order valence-electron chi connectivity index (χ3n) is 7.97. The zero-order valence-electron chi connectivity index (χ0n) is 24.9. The smallest absolute Gasteiger partial charge is 0.418 e. The van der Waals surface area contributed by atoms with E-state index in [0.717, 1.165) is 23.6 Å². The van der Waals surface area contributed by atoms with Gasteiger partial charge >= 0.3 is 6.18 Å². The second kappa shape index (κ2) is 12.8. The maximum absolute atomic E-state index is 14.4. The molecule has 236 valence electrons. The molecule has 1 aromatic heterocycles. The van der Waals surface area contributed by atoms with Gasteiger partial charge in [0.1, 0.15) is 17.2 Å². The summed E-state index contributed by atoms with van der Waals surface area (Å²) in [5, 5.41) is 17.5. The molecule has 2 aromatic carbocycles. The number of carbonyl (C=O) groups excluding carboxylic acids is 1. The van der Waals surface area contributed by atoms with E-state index < -0.39 is 29.1 Å². The number of carbonyl (C=O) groups is 1. The third-order valence-corrected chi connectivity index (χ3v) is 7.97. The van der Waals surface area contributed by atoms with E-state index >= 15 is 0 Å². The number of aliphatic hydroxyl groups is 1. The van der Waals surface area contributed by atoms with Crippen molar-refractivity contribution in [1.29, 1.82) is 0 Å². The van der Waals surface area contributed by atoms with Gasteiger partial charge in [-0.1, -0.05) is 13.3 Å². The Morgan fingerprint density at radius 3 is 2.45 bits per heavy atom. The van der Waals surface area contributed by atoms with Crippen molar-refractivity contribution in [3.8, 4) is 28.4 Å². The van der Waals surface area contributed by atoms with Crippen LogP contribution in [0.5, 0.6) is 11.5 Å². The van der Waals surface area contributed by atoms with Crippen molar-refractivity contribution in [3.63, 3.8) is 0 Å². The summed E-state index contributed by atoms with van der Waals surface area (Å²) >= 11 is 0. The average Bonchev–Trinajstić information content (AvgIpc) is 3.63. The highest BCUT2D eigenvalue weighted by Gasteiger charge is 2.37. The molecule has 1 unspecified atom stereocenters. The molecule has 1 fully saturated rings. The largest absolute Gasteiger partial charge is 0.497 e. The van der Waals surface area contributed by atoms with Crippen molar-refractivity contribution in [2.75, 3.05) is 56.7 Å². The standard InChI is InChI=1S/C31H36F3N5O5/c1-4-5-10-35-27(41)18-38-12-9-24-28(19-13-22(43-2)16-23(14-19)44-3)36-39(30(42)29(24)38)26-15-20(37-11-8-21(40)17-37)6-7-25(26)31(32,33)34/h6-7,13-16,21,40H,4-5,8-12,17-18H2,1-3H3,(H,35,41). The molecule has 2 aliphatic rings. The molecule has 0 radical (unpaired) electrons. The van der Waals surface area contributed by atoms with Gasteiger partial charge in [-0.2, -0.15) is 23.0 Å². The first kappa shape index (κ1) is 31.2. The van der Waals surface area contributed by atoms with Crippen LogP contribution in [0.1, 0.15) is 37.3 Å². The lowest BCUT2D eigenvalue weighted by atomic mass is 10.0. The second-order valence-electron chi connectivity index (χ2n) is 11.0. The van der Waals surface area contributed by atoms with E-state index in [1.807, 2.05) is 6.92 Å². The Bertz CT molecular complexity index is 1570. The van der Waals surface area contributed by atoms with Crippen LogP contribution in [-0.4, -0.2) is 73.8 Å². The number of hydrogen-bond acceptors (Lipinski definition) is 8. The minimum absolute atomic E-state index is 0.123. The van der Waals surface area contributed by atoms with Crippen LogP contribution in [0, 0.1) is 0 Å². The number of ether oxygens (including phenoxy) is 2. The average molecular weight is 616 g/mol. The van der Waals surface area contributed by atoms with E-state index in [9.17, 15) is 27.9 Å². The van der Waals surface area contributed by atoms with Gasteiger partial charge in [-0.3, -0.25) is 9.59 Å². The molecule has 5 rings (SSSR count). The number of hydrogen-bond donors (Lipinski definition) is 2.